The Labute approximate surface area is 91.0 Å². The van der Waals surface area contributed by atoms with Gasteiger partial charge in [0.25, 0.3) is 0 Å². The van der Waals surface area contributed by atoms with E-state index < -0.39 is 0 Å². The van der Waals surface area contributed by atoms with Gasteiger partial charge in [-0.2, -0.15) is 0 Å². The van der Waals surface area contributed by atoms with Crippen LogP contribution in [0.5, 0.6) is 0 Å². The predicted molar refractivity (Wildman–Crippen MR) is 61.8 cm³/mol. The van der Waals surface area contributed by atoms with Gasteiger partial charge >= 0.3 is 0 Å². The van der Waals surface area contributed by atoms with Crippen LogP contribution < -0.4 is 11.1 Å². The smallest absolute Gasteiger partial charge is 0.188 e. The van der Waals surface area contributed by atoms with Gasteiger partial charge in [0.05, 0.1) is 19.8 Å². The highest BCUT2D eigenvalue weighted by atomic mass is 16.5. The molecule has 15 heavy (non-hydrogen) atoms. The van der Waals surface area contributed by atoms with Gasteiger partial charge in [0.1, 0.15) is 0 Å². The molecule has 0 rings (SSSR count). The molecule has 88 valence electrons. The predicted octanol–water partition coefficient (Wildman–Crippen LogP) is -0.134. The molecule has 0 aliphatic carbocycles. The highest BCUT2D eigenvalue weighted by Crippen LogP contribution is 1.86. The Bertz CT molecular complexity index is 205. The molecule has 0 aromatic heterocycles. The number of rotatable bonds is 8. The fourth-order valence-corrected chi connectivity index (χ4v) is 0.833. The monoisotopic (exact) mass is 215 g/mol. The Morgan fingerprint density at radius 3 is 2.87 bits per heavy atom. The molecule has 0 unspecified atom stereocenters. The molecule has 0 saturated heterocycles. The van der Waals surface area contributed by atoms with E-state index in [1.807, 2.05) is 6.92 Å². The van der Waals surface area contributed by atoms with Crippen molar-refractivity contribution in [2.45, 2.75) is 13.3 Å². The third kappa shape index (κ3) is 10.9. The van der Waals surface area contributed by atoms with Crippen molar-refractivity contribution in [3.8, 4) is 0 Å². The molecule has 0 amide bonds. The Morgan fingerprint density at radius 2 is 2.27 bits per heavy atom. The molecule has 4 N–H and O–H groups in total. The summed E-state index contributed by atoms with van der Waals surface area (Å²) in [6.45, 7) is 7.97. The summed E-state index contributed by atoms with van der Waals surface area (Å²) in [6, 6.07) is 0. The van der Waals surface area contributed by atoms with Crippen molar-refractivity contribution in [2.75, 3.05) is 32.9 Å². The maximum atomic E-state index is 8.44. The van der Waals surface area contributed by atoms with E-state index in [1.165, 1.54) is 0 Å². The topological polar surface area (TPSA) is 79.9 Å². The summed E-state index contributed by atoms with van der Waals surface area (Å²) in [5.41, 5.74) is 6.56. The average Bonchev–Trinajstić information content (AvgIpc) is 2.20. The first-order chi connectivity index (χ1) is 7.16. The zero-order valence-electron chi connectivity index (χ0n) is 9.33. The van der Waals surface area contributed by atoms with Crippen LogP contribution in [0.25, 0.3) is 0 Å². The van der Waals surface area contributed by atoms with Crippen LogP contribution in [-0.4, -0.2) is 44.0 Å². The van der Waals surface area contributed by atoms with Crippen LogP contribution in [0.3, 0.4) is 0 Å². The molecule has 0 atom stereocenters. The minimum Gasteiger partial charge on any atom is -0.394 e. The van der Waals surface area contributed by atoms with Crippen LogP contribution in [-0.2, 0) is 4.74 Å². The summed E-state index contributed by atoms with van der Waals surface area (Å²) in [4.78, 5) is 4.06. The van der Waals surface area contributed by atoms with Crippen LogP contribution in [0.2, 0.25) is 0 Å². The maximum absolute atomic E-state index is 8.44. The van der Waals surface area contributed by atoms with Crippen LogP contribution >= 0.6 is 0 Å². The number of nitrogens with zero attached hydrogens (tertiary/aromatic N) is 1. The van der Waals surface area contributed by atoms with Crippen LogP contribution in [0.4, 0.5) is 0 Å². The zero-order valence-corrected chi connectivity index (χ0v) is 9.33. The normalized spacial score (nSPS) is 11.5. The lowest BCUT2D eigenvalue weighted by atomic mass is 10.4. The molecule has 5 heteroatoms. The summed E-state index contributed by atoms with van der Waals surface area (Å²) in [5.74, 6) is 0.431. The molecule has 0 aromatic carbocycles. The standard InChI is InChI=1S/C10H21N3O2/c1-9(2)8-13-10(11)12-4-3-6-15-7-5-14/h14H,1,3-8H2,2H3,(H3,11,12,13). The maximum Gasteiger partial charge on any atom is 0.188 e. The Hall–Kier alpha value is -1.07. The van der Waals surface area contributed by atoms with Gasteiger partial charge in [0, 0.05) is 13.2 Å². The van der Waals surface area contributed by atoms with Gasteiger partial charge in [-0.15, -0.1) is 0 Å². The molecule has 0 aliphatic rings. The zero-order chi connectivity index (χ0) is 11.5. The quantitative estimate of drug-likeness (QED) is 0.228. The molecule has 0 heterocycles. The Balaban J connectivity index is 3.34. The fraction of sp³-hybridized carbons (Fsp3) is 0.700. The Morgan fingerprint density at radius 1 is 1.53 bits per heavy atom. The largest absolute Gasteiger partial charge is 0.394 e. The van der Waals surface area contributed by atoms with Gasteiger partial charge < -0.3 is 20.9 Å². The molecule has 0 aromatic rings. The second-order valence-electron chi connectivity index (χ2n) is 3.27. The summed E-state index contributed by atoms with van der Waals surface area (Å²) in [6.07, 6.45) is 0.837. The van der Waals surface area contributed by atoms with Crippen molar-refractivity contribution in [1.82, 2.24) is 5.32 Å². The van der Waals surface area contributed by atoms with Gasteiger partial charge in [-0.05, 0) is 13.3 Å². The summed E-state index contributed by atoms with van der Waals surface area (Å²) in [7, 11) is 0. The molecule has 0 aliphatic heterocycles. The van der Waals surface area contributed by atoms with Crippen LogP contribution in [0, 0.1) is 0 Å². The van der Waals surface area contributed by atoms with E-state index in [2.05, 4.69) is 16.9 Å². The summed E-state index contributed by atoms with van der Waals surface area (Å²) in [5, 5.41) is 11.4. The number of guanidine groups is 1. The van der Waals surface area contributed by atoms with Crippen molar-refractivity contribution in [1.29, 1.82) is 0 Å². The molecule has 0 saturated carbocycles. The molecule has 0 radical (unpaired) electrons. The number of aliphatic hydroxyl groups excluding tert-OH is 1. The lowest BCUT2D eigenvalue weighted by Gasteiger charge is -2.05. The molecule has 0 fully saturated rings. The van der Waals surface area contributed by atoms with Crippen molar-refractivity contribution in [3.05, 3.63) is 12.2 Å². The minimum atomic E-state index is 0.0651. The number of aliphatic hydroxyl groups is 1. The number of ether oxygens (including phenoxy) is 1. The summed E-state index contributed by atoms with van der Waals surface area (Å²) >= 11 is 0. The van der Waals surface area contributed by atoms with E-state index >= 15 is 0 Å². The van der Waals surface area contributed by atoms with Crippen molar-refractivity contribution >= 4 is 5.96 Å². The second-order valence-corrected chi connectivity index (χ2v) is 3.27. The van der Waals surface area contributed by atoms with Crippen molar-refractivity contribution in [3.63, 3.8) is 0 Å². The third-order valence-electron chi connectivity index (χ3n) is 1.53. The van der Waals surface area contributed by atoms with E-state index in [9.17, 15) is 0 Å². The molecular weight excluding hydrogens is 194 g/mol. The number of hydrogen-bond acceptors (Lipinski definition) is 3. The van der Waals surface area contributed by atoms with Gasteiger partial charge in [0.15, 0.2) is 5.96 Å². The highest BCUT2D eigenvalue weighted by molar-refractivity contribution is 5.77. The highest BCUT2D eigenvalue weighted by Gasteiger charge is 1.91. The number of nitrogens with two attached hydrogens (primary N) is 1. The van der Waals surface area contributed by atoms with Gasteiger partial charge in [0.2, 0.25) is 0 Å². The minimum absolute atomic E-state index is 0.0651. The second kappa shape index (κ2) is 9.48. The van der Waals surface area contributed by atoms with Gasteiger partial charge in [-0.3, -0.25) is 0 Å². The van der Waals surface area contributed by atoms with Gasteiger partial charge in [-0.1, -0.05) is 12.2 Å². The molecule has 0 bridgehead atoms. The van der Waals surface area contributed by atoms with E-state index in [0.717, 1.165) is 18.5 Å². The average molecular weight is 215 g/mol. The van der Waals surface area contributed by atoms with Gasteiger partial charge in [-0.25, -0.2) is 4.99 Å². The first-order valence-electron chi connectivity index (χ1n) is 5.03. The fourth-order valence-electron chi connectivity index (χ4n) is 0.833. The SMILES string of the molecule is C=C(C)CN=C(N)NCCCOCCO. The van der Waals surface area contributed by atoms with Crippen molar-refractivity contribution < 1.29 is 9.84 Å². The first kappa shape index (κ1) is 13.9. The van der Waals surface area contributed by atoms with E-state index in [-0.39, 0.29) is 6.61 Å². The Kier molecular flexibility index (Phi) is 8.81. The van der Waals surface area contributed by atoms with Crippen LogP contribution in [0.15, 0.2) is 17.1 Å². The van der Waals surface area contributed by atoms with Crippen molar-refractivity contribution in [2.24, 2.45) is 10.7 Å². The lowest BCUT2D eigenvalue weighted by molar-refractivity contribution is 0.0912. The van der Waals surface area contributed by atoms with E-state index in [1.54, 1.807) is 0 Å². The molecular formula is C10H21N3O2. The lowest BCUT2D eigenvalue weighted by Crippen LogP contribution is -2.33. The third-order valence-corrected chi connectivity index (χ3v) is 1.53. The first-order valence-corrected chi connectivity index (χ1v) is 5.03. The number of hydrogen-bond donors (Lipinski definition) is 3. The molecule has 5 nitrogen and oxygen atoms in total. The van der Waals surface area contributed by atoms with E-state index in [0.29, 0.717) is 25.7 Å². The van der Waals surface area contributed by atoms with Crippen LogP contribution in [0.1, 0.15) is 13.3 Å². The number of aliphatic imine (C=N–C) groups is 1. The molecule has 0 spiro atoms. The number of nitrogens with one attached hydrogen (secondary N) is 1. The summed E-state index contributed by atoms with van der Waals surface area (Å²) < 4.78 is 5.08. The van der Waals surface area contributed by atoms with E-state index in [4.69, 9.17) is 15.6 Å².